The van der Waals surface area contributed by atoms with Gasteiger partial charge in [-0.05, 0) is 37.5 Å². The summed E-state index contributed by atoms with van der Waals surface area (Å²) >= 11 is 5.91. The molecule has 1 heterocycles. The minimum Gasteiger partial charge on any atom is -0.352 e. The van der Waals surface area contributed by atoms with Crippen LogP contribution in [-0.4, -0.2) is 41.8 Å². The molecule has 1 saturated heterocycles. The number of likely N-dealkylation sites (tertiary alicyclic amines) is 1. The maximum atomic E-state index is 12.4. The first-order chi connectivity index (χ1) is 11.5. The highest BCUT2D eigenvalue weighted by atomic mass is 35.5. The van der Waals surface area contributed by atoms with Crippen molar-refractivity contribution < 1.29 is 14.4 Å². The molecule has 2 aliphatic rings. The first kappa shape index (κ1) is 16.8. The lowest BCUT2D eigenvalue weighted by atomic mass is 9.96. The van der Waals surface area contributed by atoms with Crippen LogP contribution in [0.4, 0.5) is 5.69 Å². The lowest BCUT2D eigenvalue weighted by Crippen LogP contribution is -2.48. The van der Waals surface area contributed by atoms with Gasteiger partial charge in [0.15, 0.2) is 0 Å². The van der Waals surface area contributed by atoms with E-state index in [0.717, 1.165) is 12.8 Å². The van der Waals surface area contributed by atoms with Crippen LogP contribution in [0, 0.1) is 5.92 Å². The van der Waals surface area contributed by atoms with E-state index in [-0.39, 0.29) is 49.2 Å². The Kier molecular flexibility index (Phi) is 5.04. The van der Waals surface area contributed by atoms with Gasteiger partial charge < -0.3 is 15.5 Å². The van der Waals surface area contributed by atoms with Crippen LogP contribution in [0.15, 0.2) is 24.3 Å². The number of piperidine rings is 1. The maximum Gasteiger partial charge on any atom is 0.239 e. The average molecular weight is 350 g/mol. The van der Waals surface area contributed by atoms with Crippen molar-refractivity contribution in [2.75, 3.05) is 18.4 Å². The van der Waals surface area contributed by atoms with E-state index in [4.69, 9.17) is 11.6 Å². The number of nitrogens with one attached hydrogen (secondary N) is 2. The Morgan fingerprint density at radius 2 is 2.04 bits per heavy atom. The fourth-order valence-electron chi connectivity index (χ4n) is 2.77. The van der Waals surface area contributed by atoms with E-state index in [0.29, 0.717) is 17.1 Å². The molecule has 1 aromatic carbocycles. The van der Waals surface area contributed by atoms with E-state index in [2.05, 4.69) is 10.6 Å². The van der Waals surface area contributed by atoms with Crippen LogP contribution in [0.25, 0.3) is 0 Å². The number of hydrogen-bond donors (Lipinski definition) is 2. The van der Waals surface area contributed by atoms with E-state index in [1.54, 1.807) is 24.3 Å². The molecule has 24 heavy (non-hydrogen) atoms. The molecular weight excluding hydrogens is 330 g/mol. The summed E-state index contributed by atoms with van der Waals surface area (Å²) in [7, 11) is 0. The zero-order valence-corrected chi connectivity index (χ0v) is 14.0. The molecule has 1 aliphatic carbocycles. The minimum atomic E-state index is -0.324. The third kappa shape index (κ3) is 4.47. The summed E-state index contributed by atoms with van der Waals surface area (Å²) in [5.74, 6) is -0.706. The summed E-state index contributed by atoms with van der Waals surface area (Å²) in [6.45, 7) is 0.291. The molecule has 2 fully saturated rings. The molecule has 128 valence electrons. The SMILES string of the molecule is O=C(CN1CC(C(=O)Nc2cccc(Cl)c2)CCC1=O)NC1CC1. The molecule has 0 radical (unpaired) electrons. The van der Waals surface area contributed by atoms with E-state index in [9.17, 15) is 14.4 Å². The van der Waals surface area contributed by atoms with Crippen LogP contribution >= 0.6 is 11.6 Å². The summed E-state index contributed by atoms with van der Waals surface area (Å²) in [5, 5.41) is 6.23. The minimum absolute atomic E-state index is 0.0241. The van der Waals surface area contributed by atoms with Crippen LogP contribution < -0.4 is 10.6 Å². The molecule has 1 aliphatic heterocycles. The van der Waals surface area contributed by atoms with Crippen LogP contribution in [0.5, 0.6) is 0 Å². The number of rotatable bonds is 5. The van der Waals surface area contributed by atoms with E-state index in [1.165, 1.54) is 4.90 Å². The topological polar surface area (TPSA) is 78.5 Å². The maximum absolute atomic E-state index is 12.4. The number of amides is 3. The molecule has 1 aromatic rings. The highest BCUT2D eigenvalue weighted by Crippen LogP contribution is 2.22. The van der Waals surface area contributed by atoms with Crippen LogP contribution in [0.1, 0.15) is 25.7 Å². The van der Waals surface area contributed by atoms with Crippen molar-refractivity contribution in [3.8, 4) is 0 Å². The second-order valence-electron chi connectivity index (χ2n) is 6.35. The van der Waals surface area contributed by atoms with Gasteiger partial charge in [0, 0.05) is 29.7 Å². The van der Waals surface area contributed by atoms with Crippen molar-refractivity contribution in [1.29, 1.82) is 0 Å². The Morgan fingerprint density at radius 1 is 1.25 bits per heavy atom. The molecule has 6 nitrogen and oxygen atoms in total. The lowest BCUT2D eigenvalue weighted by Gasteiger charge is -2.31. The fraction of sp³-hybridized carbons (Fsp3) is 0.471. The van der Waals surface area contributed by atoms with E-state index >= 15 is 0 Å². The second kappa shape index (κ2) is 7.21. The summed E-state index contributed by atoms with van der Waals surface area (Å²) < 4.78 is 0. The van der Waals surface area contributed by atoms with Gasteiger partial charge >= 0.3 is 0 Å². The normalized spacial score (nSPS) is 20.6. The van der Waals surface area contributed by atoms with Gasteiger partial charge in [0.2, 0.25) is 17.7 Å². The Balaban J connectivity index is 1.56. The van der Waals surface area contributed by atoms with Crippen molar-refractivity contribution in [2.45, 2.75) is 31.7 Å². The monoisotopic (exact) mass is 349 g/mol. The Morgan fingerprint density at radius 3 is 2.75 bits per heavy atom. The lowest BCUT2D eigenvalue weighted by molar-refractivity contribution is -0.141. The molecule has 2 N–H and O–H groups in total. The zero-order chi connectivity index (χ0) is 17.1. The van der Waals surface area contributed by atoms with Crippen molar-refractivity contribution >= 4 is 35.0 Å². The Labute approximate surface area is 145 Å². The highest BCUT2D eigenvalue weighted by Gasteiger charge is 2.32. The number of halogens is 1. The number of hydrogen-bond acceptors (Lipinski definition) is 3. The van der Waals surface area contributed by atoms with E-state index in [1.807, 2.05) is 0 Å². The summed E-state index contributed by atoms with van der Waals surface area (Å²) in [6.07, 6.45) is 2.78. The predicted octanol–water partition coefficient (Wildman–Crippen LogP) is 1.80. The Hall–Kier alpha value is -2.08. The van der Waals surface area contributed by atoms with Gasteiger partial charge in [0.25, 0.3) is 0 Å². The van der Waals surface area contributed by atoms with Gasteiger partial charge in [-0.2, -0.15) is 0 Å². The molecule has 0 aromatic heterocycles. The third-order valence-corrected chi connectivity index (χ3v) is 4.48. The molecule has 0 spiro atoms. The summed E-state index contributed by atoms with van der Waals surface area (Å²) in [4.78, 5) is 37.8. The molecule has 1 saturated carbocycles. The average Bonchev–Trinajstić information content (AvgIpc) is 3.33. The molecule has 1 unspecified atom stereocenters. The van der Waals surface area contributed by atoms with Crippen molar-refractivity contribution in [1.82, 2.24) is 10.2 Å². The number of carbonyl (C=O) groups excluding carboxylic acids is 3. The number of anilines is 1. The molecular formula is C17H20ClN3O3. The standard InChI is InChI=1S/C17H20ClN3O3/c18-12-2-1-3-14(8-12)20-17(24)11-4-7-16(23)21(9-11)10-15(22)19-13-5-6-13/h1-3,8,11,13H,4-7,9-10H2,(H,19,22)(H,20,24). The molecule has 3 rings (SSSR count). The summed E-state index contributed by atoms with van der Waals surface area (Å²) in [5.41, 5.74) is 0.627. The smallest absolute Gasteiger partial charge is 0.239 e. The first-order valence-electron chi connectivity index (χ1n) is 8.15. The zero-order valence-electron chi connectivity index (χ0n) is 13.3. The third-order valence-electron chi connectivity index (χ3n) is 4.24. The largest absolute Gasteiger partial charge is 0.352 e. The van der Waals surface area contributed by atoms with Crippen molar-refractivity contribution in [3.05, 3.63) is 29.3 Å². The first-order valence-corrected chi connectivity index (χ1v) is 8.52. The fourth-order valence-corrected chi connectivity index (χ4v) is 2.96. The van der Waals surface area contributed by atoms with Gasteiger partial charge in [-0.1, -0.05) is 17.7 Å². The van der Waals surface area contributed by atoms with Gasteiger partial charge in [-0.15, -0.1) is 0 Å². The number of nitrogens with zero attached hydrogens (tertiary/aromatic N) is 1. The van der Waals surface area contributed by atoms with Crippen molar-refractivity contribution in [3.63, 3.8) is 0 Å². The molecule has 1 atom stereocenters. The van der Waals surface area contributed by atoms with Gasteiger partial charge in [0.05, 0.1) is 12.5 Å². The van der Waals surface area contributed by atoms with Crippen molar-refractivity contribution in [2.24, 2.45) is 5.92 Å². The molecule has 7 heteroatoms. The van der Waals surface area contributed by atoms with Gasteiger partial charge in [-0.3, -0.25) is 14.4 Å². The van der Waals surface area contributed by atoms with Crippen LogP contribution in [-0.2, 0) is 14.4 Å². The number of benzene rings is 1. The number of carbonyl (C=O) groups is 3. The van der Waals surface area contributed by atoms with Crippen LogP contribution in [0.3, 0.4) is 0 Å². The molecule has 0 bridgehead atoms. The molecule has 3 amide bonds. The predicted molar refractivity (Wildman–Crippen MR) is 90.6 cm³/mol. The second-order valence-corrected chi connectivity index (χ2v) is 6.79. The quantitative estimate of drug-likeness (QED) is 0.850. The van der Waals surface area contributed by atoms with E-state index < -0.39 is 0 Å². The van der Waals surface area contributed by atoms with Gasteiger partial charge in [0.1, 0.15) is 0 Å². The summed E-state index contributed by atoms with van der Waals surface area (Å²) in [6, 6.07) is 7.19. The van der Waals surface area contributed by atoms with Gasteiger partial charge in [-0.25, -0.2) is 0 Å². The Bertz CT molecular complexity index is 660. The highest BCUT2D eigenvalue weighted by molar-refractivity contribution is 6.30. The van der Waals surface area contributed by atoms with Crippen LogP contribution in [0.2, 0.25) is 5.02 Å².